The van der Waals surface area contributed by atoms with E-state index < -0.39 is 18.5 Å². The van der Waals surface area contributed by atoms with Crippen molar-refractivity contribution < 1.29 is 14.7 Å². The van der Waals surface area contributed by atoms with Gasteiger partial charge in [0.05, 0.1) is 0 Å². The van der Waals surface area contributed by atoms with Crippen LogP contribution in [0, 0.1) is 0 Å². The Hall–Kier alpha value is -1.10. The van der Waals surface area contributed by atoms with E-state index in [0.29, 0.717) is 4.90 Å². The van der Waals surface area contributed by atoms with Crippen LogP contribution in [-0.4, -0.2) is 35.6 Å². The van der Waals surface area contributed by atoms with E-state index >= 15 is 0 Å². The van der Waals surface area contributed by atoms with Crippen LogP contribution in [-0.2, 0) is 4.79 Å². The van der Waals surface area contributed by atoms with Crippen LogP contribution < -0.4 is 5.73 Å². The number of amides is 3. The summed E-state index contributed by atoms with van der Waals surface area (Å²) in [7, 11) is 1.20. The molecule has 0 unspecified atom stereocenters. The Morgan fingerprint density at radius 2 is 2.11 bits per heavy atom. The summed E-state index contributed by atoms with van der Waals surface area (Å²) < 4.78 is 0. The molecule has 9 heavy (non-hydrogen) atoms. The van der Waals surface area contributed by atoms with Gasteiger partial charge in [0.15, 0.2) is 0 Å². The molecule has 0 heterocycles. The highest BCUT2D eigenvalue weighted by Crippen LogP contribution is 1.80. The zero-order chi connectivity index (χ0) is 7.44. The van der Waals surface area contributed by atoms with Crippen LogP contribution in [0.1, 0.15) is 0 Å². The Labute approximate surface area is 52.1 Å². The van der Waals surface area contributed by atoms with Gasteiger partial charge >= 0.3 is 6.03 Å². The van der Waals surface area contributed by atoms with Crippen LogP contribution in [0.5, 0.6) is 0 Å². The average Bonchev–Trinajstić information content (AvgIpc) is 1.84. The fourth-order valence-corrected chi connectivity index (χ4v) is 0.229. The van der Waals surface area contributed by atoms with Crippen molar-refractivity contribution in [1.82, 2.24) is 4.90 Å². The number of likely N-dealkylation sites (N-methyl/N-ethyl adjacent to an activating group) is 1. The maximum absolute atomic E-state index is 10.3. The summed E-state index contributed by atoms with van der Waals surface area (Å²) >= 11 is 0. The Morgan fingerprint density at radius 3 is 2.22 bits per heavy atom. The van der Waals surface area contributed by atoms with E-state index in [2.05, 4.69) is 5.73 Å². The molecule has 0 aromatic carbocycles. The molecule has 0 aliphatic carbocycles. The molecule has 0 saturated carbocycles. The van der Waals surface area contributed by atoms with Gasteiger partial charge in [0.25, 0.3) is 5.91 Å². The van der Waals surface area contributed by atoms with Crippen molar-refractivity contribution >= 4 is 11.9 Å². The minimum absolute atomic E-state index is 0.639. The summed E-state index contributed by atoms with van der Waals surface area (Å²) in [6, 6.07) is -0.867. The first-order valence-electron chi connectivity index (χ1n) is 2.26. The van der Waals surface area contributed by atoms with Gasteiger partial charge in [-0.25, -0.2) is 4.79 Å². The summed E-state index contributed by atoms with van der Waals surface area (Å²) in [5.74, 6) is -0.706. The number of carbonyl (C=O) groups is 2. The number of aliphatic hydroxyl groups is 1. The second-order valence-corrected chi connectivity index (χ2v) is 1.45. The van der Waals surface area contributed by atoms with Gasteiger partial charge in [-0.2, -0.15) is 0 Å². The van der Waals surface area contributed by atoms with Crippen molar-refractivity contribution in [2.45, 2.75) is 0 Å². The molecule has 0 spiro atoms. The van der Waals surface area contributed by atoms with Gasteiger partial charge < -0.3 is 10.8 Å². The molecule has 52 valence electrons. The van der Waals surface area contributed by atoms with E-state index in [1.165, 1.54) is 7.05 Å². The minimum atomic E-state index is -0.867. The van der Waals surface area contributed by atoms with Gasteiger partial charge in [-0.1, -0.05) is 0 Å². The Morgan fingerprint density at radius 1 is 1.67 bits per heavy atom. The Kier molecular flexibility index (Phi) is 2.66. The molecule has 0 atom stereocenters. The number of carbonyl (C=O) groups excluding carboxylic acids is 2. The average molecular weight is 132 g/mol. The van der Waals surface area contributed by atoms with Gasteiger partial charge in [-0.15, -0.1) is 0 Å². The molecule has 0 radical (unpaired) electrons. The third kappa shape index (κ3) is 2.09. The van der Waals surface area contributed by atoms with Crippen molar-refractivity contribution in [2.24, 2.45) is 5.73 Å². The van der Waals surface area contributed by atoms with Crippen LogP contribution in [0.2, 0.25) is 0 Å². The SMILES string of the molecule is CN(C(N)=O)C(=O)CO. The highest BCUT2D eigenvalue weighted by molar-refractivity contribution is 5.93. The summed E-state index contributed by atoms with van der Waals surface area (Å²) in [6.07, 6.45) is 0. The lowest BCUT2D eigenvalue weighted by Gasteiger charge is -2.08. The monoisotopic (exact) mass is 132 g/mol. The van der Waals surface area contributed by atoms with E-state index in [9.17, 15) is 9.59 Å². The van der Waals surface area contributed by atoms with E-state index in [4.69, 9.17) is 5.11 Å². The molecule has 5 heteroatoms. The molecule has 0 fully saturated rings. The van der Waals surface area contributed by atoms with Crippen LogP contribution in [0.25, 0.3) is 0 Å². The molecule has 0 aliphatic rings. The van der Waals surface area contributed by atoms with Gasteiger partial charge in [0.2, 0.25) is 0 Å². The van der Waals surface area contributed by atoms with Gasteiger partial charge in [-0.05, 0) is 0 Å². The van der Waals surface area contributed by atoms with Crippen molar-refractivity contribution in [1.29, 1.82) is 0 Å². The van der Waals surface area contributed by atoms with Crippen molar-refractivity contribution in [3.63, 3.8) is 0 Å². The molecule has 5 nitrogen and oxygen atoms in total. The first-order valence-corrected chi connectivity index (χ1v) is 2.26. The number of imide groups is 1. The second kappa shape index (κ2) is 3.03. The number of nitrogens with zero attached hydrogens (tertiary/aromatic N) is 1. The third-order valence-corrected chi connectivity index (χ3v) is 0.840. The summed E-state index contributed by atoms with van der Waals surface area (Å²) in [4.78, 5) is 21.1. The maximum atomic E-state index is 10.3. The molecular formula is C4H8N2O3. The standard InChI is InChI=1S/C4H8N2O3/c1-6(4(5)9)3(8)2-7/h7H,2H2,1H3,(H2,5,9). The topological polar surface area (TPSA) is 83.6 Å². The second-order valence-electron chi connectivity index (χ2n) is 1.45. The normalized spacial score (nSPS) is 8.67. The number of hydrogen-bond acceptors (Lipinski definition) is 3. The van der Waals surface area contributed by atoms with E-state index in [0.717, 1.165) is 0 Å². The molecule has 0 aromatic rings. The first kappa shape index (κ1) is 7.90. The number of nitrogens with two attached hydrogens (primary N) is 1. The lowest BCUT2D eigenvalue weighted by molar-refractivity contribution is -0.129. The Balaban J connectivity index is 3.88. The fourth-order valence-electron chi connectivity index (χ4n) is 0.229. The van der Waals surface area contributed by atoms with Gasteiger partial charge in [0.1, 0.15) is 6.61 Å². The molecule has 3 amide bonds. The maximum Gasteiger partial charge on any atom is 0.321 e. The van der Waals surface area contributed by atoms with Crippen LogP contribution >= 0.6 is 0 Å². The quantitative estimate of drug-likeness (QED) is 0.456. The highest BCUT2D eigenvalue weighted by atomic mass is 16.3. The van der Waals surface area contributed by atoms with Gasteiger partial charge in [-0.3, -0.25) is 9.69 Å². The predicted molar refractivity (Wildman–Crippen MR) is 29.4 cm³/mol. The van der Waals surface area contributed by atoms with E-state index in [1.54, 1.807) is 0 Å². The highest BCUT2D eigenvalue weighted by Gasteiger charge is 2.10. The molecule has 0 aromatic heterocycles. The fraction of sp³-hybridized carbons (Fsp3) is 0.500. The molecule has 0 rings (SSSR count). The first-order chi connectivity index (χ1) is 4.09. The van der Waals surface area contributed by atoms with Crippen molar-refractivity contribution in [2.75, 3.05) is 13.7 Å². The largest absolute Gasteiger partial charge is 0.387 e. The van der Waals surface area contributed by atoms with Crippen molar-refractivity contribution in [3.05, 3.63) is 0 Å². The zero-order valence-corrected chi connectivity index (χ0v) is 5.00. The lowest BCUT2D eigenvalue weighted by atomic mass is 10.6. The molecule has 0 bridgehead atoms. The van der Waals surface area contributed by atoms with Gasteiger partial charge in [0, 0.05) is 7.05 Å². The predicted octanol–water partition coefficient (Wildman–Crippen LogP) is -1.48. The Bertz CT molecular complexity index is 134. The van der Waals surface area contributed by atoms with E-state index in [-0.39, 0.29) is 0 Å². The third-order valence-electron chi connectivity index (χ3n) is 0.840. The molecular weight excluding hydrogens is 124 g/mol. The van der Waals surface area contributed by atoms with Crippen LogP contribution in [0.3, 0.4) is 0 Å². The smallest absolute Gasteiger partial charge is 0.321 e. The number of aliphatic hydroxyl groups excluding tert-OH is 1. The molecule has 3 N–H and O–H groups in total. The summed E-state index contributed by atoms with van der Waals surface area (Å²) in [5, 5.41) is 8.16. The van der Waals surface area contributed by atoms with Crippen LogP contribution in [0.4, 0.5) is 4.79 Å². The number of hydrogen-bond donors (Lipinski definition) is 2. The zero-order valence-electron chi connectivity index (χ0n) is 5.00. The van der Waals surface area contributed by atoms with Crippen molar-refractivity contribution in [3.8, 4) is 0 Å². The number of urea groups is 1. The number of rotatable bonds is 1. The number of primary amides is 1. The molecule has 0 saturated heterocycles. The molecule has 0 aliphatic heterocycles. The summed E-state index contributed by atoms with van der Waals surface area (Å²) in [6.45, 7) is -0.695. The van der Waals surface area contributed by atoms with E-state index in [1.807, 2.05) is 0 Å². The lowest BCUT2D eigenvalue weighted by Crippen LogP contribution is -2.38. The van der Waals surface area contributed by atoms with Crippen LogP contribution in [0.15, 0.2) is 0 Å². The summed E-state index contributed by atoms with van der Waals surface area (Å²) in [5.41, 5.74) is 4.67. The minimum Gasteiger partial charge on any atom is -0.387 e.